The Morgan fingerprint density at radius 2 is 2.18 bits per heavy atom. The van der Waals surface area contributed by atoms with Crippen LogP contribution >= 0.6 is 0 Å². The minimum Gasteiger partial charge on any atom is -0.467 e. The summed E-state index contributed by atoms with van der Waals surface area (Å²) < 4.78 is 40.8. The van der Waals surface area contributed by atoms with E-state index in [1.54, 1.807) is 18.2 Å². The highest BCUT2D eigenvalue weighted by atomic mass is 19.4. The molecule has 0 aliphatic heterocycles. The Morgan fingerprint density at radius 3 is 2.73 bits per heavy atom. The number of esters is 1. The van der Waals surface area contributed by atoms with E-state index < -0.39 is 24.1 Å². The highest BCUT2D eigenvalue weighted by Gasteiger charge is 2.40. The number of nitrogens with one attached hydrogen (secondary N) is 2. The van der Waals surface area contributed by atoms with E-state index in [4.69, 9.17) is 0 Å². The molecule has 1 amide bonds. The van der Waals surface area contributed by atoms with Crippen molar-refractivity contribution in [3.05, 3.63) is 24.4 Å². The summed E-state index contributed by atoms with van der Waals surface area (Å²) in [6.45, 7) is 0. The number of hydrogen-bond donors (Lipinski definition) is 2. The zero-order chi connectivity index (χ0) is 16.6. The average Bonchev–Trinajstić information content (AvgIpc) is 2.49. The maximum atomic E-state index is 12.2. The van der Waals surface area contributed by atoms with Gasteiger partial charge >= 0.3 is 18.1 Å². The molecule has 120 valence electrons. The molecule has 0 aromatic carbocycles. The highest BCUT2D eigenvalue weighted by Crippen LogP contribution is 2.14. The van der Waals surface area contributed by atoms with E-state index in [1.807, 2.05) is 0 Å². The number of methoxy groups -OCH3 is 1. The molecule has 0 unspecified atom stereocenters. The van der Waals surface area contributed by atoms with Crippen molar-refractivity contribution >= 4 is 23.9 Å². The molecule has 1 rings (SSSR count). The van der Waals surface area contributed by atoms with Gasteiger partial charge < -0.3 is 10.1 Å². The van der Waals surface area contributed by atoms with Crippen molar-refractivity contribution < 1.29 is 27.5 Å². The average molecular weight is 318 g/mol. The van der Waals surface area contributed by atoms with Crippen LogP contribution in [0.1, 0.15) is 6.42 Å². The van der Waals surface area contributed by atoms with Gasteiger partial charge in [0.25, 0.3) is 0 Å². The first kappa shape index (κ1) is 17.4. The van der Waals surface area contributed by atoms with E-state index in [0.717, 1.165) is 13.3 Å². The normalized spacial score (nSPS) is 12.7. The summed E-state index contributed by atoms with van der Waals surface area (Å²) in [5.41, 5.74) is 2.51. The Bertz CT molecular complexity index is 534. The number of halogens is 3. The van der Waals surface area contributed by atoms with Crippen molar-refractivity contribution in [3.63, 3.8) is 0 Å². The zero-order valence-electron chi connectivity index (χ0n) is 11.4. The fraction of sp³-hybridized carbons (Fsp3) is 0.333. The lowest BCUT2D eigenvalue weighted by Gasteiger charge is -2.15. The van der Waals surface area contributed by atoms with Crippen molar-refractivity contribution in [2.24, 2.45) is 5.10 Å². The maximum absolute atomic E-state index is 12.2. The molecule has 1 heterocycles. The molecule has 1 aromatic heterocycles. The Labute approximate surface area is 123 Å². The predicted octanol–water partition coefficient (Wildman–Crippen LogP) is 1.09. The van der Waals surface area contributed by atoms with Crippen molar-refractivity contribution in [3.8, 4) is 0 Å². The van der Waals surface area contributed by atoms with Gasteiger partial charge in [0.1, 0.15) is 11.9 Å². The van der Waals surface area contributed by atoms with Crippen molar-refractivity contribution in [1.82, 2.24) is 10.3 Å². The molecule has 0 saturated carbocycles. The van der Waals surface area contributed by atoms with Crippen LogP contribution in [0.2, 0.25) is 0 Å². The fourth-order valence-electron chi connectivity index (χ4n) is 1.30. The maximum Gasteiger partial charge on any atom is 0.471 e. The first-order chi connectivity index (χ1) is 10.3. The smallest absolute Gasteiger partial charge is 0.467 e. The fourth-order valence-corrected chi connectivity index (χ4v) is 1.30. The van der Waals surface area contributed by atoms with Gasteiger partial charge in [-0.25, -0.2) is 9.78 Å². The second-order valence-electron chi connectivity index (χ2n) is 3.92. The lowest BCUT2D eigenvalue weighted by atomic mass is 10.2. The van der Waals surface area contributed by atoms with Crippen LogP contribution in [0.15, 0.2) is 29.5 Å². The molecule has 0 aliphatic rings. The van der Waals surface area contributed by atoms with Crippen LogP contribution in [0.5, 0.6) is 0 Å². The number of pyridine rings is 1. The van der Waals surface area contributed by atoms with E-state index in [2.05, 4.69) is 20.2 Å². The number of carbonyl (C=O) groups is 2. The molecular weight excluding hydrogens is 305 g/mol. The second-order valence-corrected chi connectivity index (χ2v) is 3.92. The Morgan fingerprint density at radius 1 is 1.45 bits per heavy atom. The van der Waals surface area contributed by atoms with Gasteiger partial charge in [0.2, 0.25) is 0 Å². The quantitative estimate of drug-likeness (QED) is 0.465. The number of rotatable bonds is 6. The van der Waals surface area contributed by atoms with Gasteiger partial charge in [-0.05, 0) is 12.1 Å². The number of hydrazone groups is 1. The predicted molar refractivity (Wildman–Crippen MR) is 71.0 cm³/mol. The van der Waals surface area contributed by atoms with E-state index >= 15 is 0 Å². The lowest BCUT2D eigenvalue weighted by Crippen LogP contribution is -2.47. The number of hydrogen-bond acceptors (Lipinski definition) is 6. The number of alkyl halides is 3. The molecule has 0 fully saturated rings. The molecule has 0 spiro atoms. The summed E-state index contributed by atoms with van der Waals surface area (Å²) in [6.07, 6.45) is -2.73. The second kappa shape index (κ2) is 7.96. The zero-order valence-corrected chi connectivity index (χ0v) is 11.4. The van der Waals surface area contributed by atoms with E-state index in [0.29, 0.717) is 5.82 Å². The first-order valence-electron chi connectivity index (χ1n) is 5.98. The molecular formula is C12H13F3N4O3. The number of amides is 1. The van der Waals surface area contributed by atoms with Crippen molar-refractivity contribution in [1.29, 1.82) is 0 Å². The summed E-state index contributed by atoms with van der Waals surface area (Å²) in [4.78, 5) is 26.1. The molecule has 22 heavy (non-hydrogen) atoms. The third-order valence-electron chi connectivity index (χ3n) is 2.32. The molecule has 1 aromatic rings. The van der Waals surface area contributed by atoms with Crippen LogP contribution in [-0.4, -0.2) is 42.4 Å². The number of aromatic nitrogens is 1. The Hall–Kier alpha value is -2.65. The molecule has 0 aliphatic carbocycles. The monoisotopic (exact) mass is 318 g/mol. The Balaban J connectivity index is 2.58. The summed E-state index contributed by atoms with van der Waals surface area (Å²) in [5, 5.41) is 5.22. The van der Waals surface area contributed by atoms with Gasteiger partial charge in [0.15, 0.2) is 0 Å². The van der Waals surface area contributed by atoms with Crippen LogP contribution in [0.4, 0.5) is 19.0 Å². The largest absolute Gasteiger partial charge is 0.471 e. The third-order valence-corrected chi connectivity index (χ3v) is 2.32. The molecule has 0 bridgehead atoms. The van der Waals surface area contributed by atoms with Gasteiger partial charge in [-0.3, -0.25) is 10.2 Å². The molecule has 0 radical (unpaired) electrons. The molecule has 1 atom stereocenters. The summed E-state index contributed by atoms with van der Waals surface area (Å²) in [6, 6.07) is 3.51. The van der Waals surface area contributed by atoms with E-state index in [1.165, 1.54) is 11.5 Å². The third kappa shape index (κ3) is 5.77. The summed E-state index contributed by atoms with van der Waals surface area (Å²) in [7, 11) is 0.998. The van der Waals surface area contributed by atoms with E-state index in [9.17, 15) is 22.8 Å². The Kier molecular flexibility index (Phi) is 6.29. The van der Waals surface area contributed by atoms with Gasteiger partial charge in [-0.2, -0.15) is 18.3 Å². The number of anilines is 1. The van der Waals surface area contributed by atoms with Gasteiger partial charge in [-0.15, -0.1) is 0 Å². The lowest BCUT2D eigenvalue weighted by molar-refractivity contribution is -0.175. The minimum absolute atomic E-state index is 0.283. The standard InChI is InChI=1S/C12H13F3N4O3/c1-22-10(20)8(18-11(21)12(13,14)15)5-7-17-19-9-4-2-3-6-16-9/h2-4,6-8H,5H2,1H3,(H,16,19)(H,18,21)/b17-7+/t8-/m0/s1. The van der Waals surface area contributed by atoms with Gasteiger partial charge in [-0.1, -0.05) is 6.07 Å². The van der Waals surface area contributed by atoms with Crippen molar-refractivity contribution in [2.45, 2.75) is 18.6 Å². The molecule has 7 nitrogen and oxygen atoms in total. The minimum atomic E-state index is -5.09. The molecule has 0 saturated heterocycles. The first-order valence-corrected chi connectivity index (χ1v) is 5.98. The van der Waals surface area contributed by atoms with Crippen molar-refractivity contribution in [2.75, 3.05) is 12.5 Å². The van der Waals surface area contributed by atoms with Crippen LogP contribution in [-0.2, 0) is 14.3 Å². The van der Waals surface area contributed by atoms with Crippen LogP contribution in [0, 0.1) is 0 Å². The summed E-state index contributed by atoms with van der Waals surface area (Å²) >= 11 is 0. The van der Waals surface area contributed by atoms with Gasteiger partial charge in [0, 0.05) is 18.8 Å². The summed E-state index contributed by atoms with van der Waals surface area (Å²) in [5.74, 6) is -2.83. The molecule has 2 N–H and O–H groups in total. The number of carbonyl (C=O) groups excluding carboxylic acids is 2. The highest BCUT2D eigenvalue weighted by molar-refractivity contribution is 5.89. The van der Waals surface area contributed by atoms with Crippen LogP contribution < -0.4 is 10.7 Å². The van der Waals surface area contributed by atoms with Crippen LogP contribution in [0.3, 0.4) is 0 Å². The van der Waals surface area contributed by atoms with E-state index in [-0.39, 0.29) is 6.42 Å². The molecule has 10 heteroatoms. The number of nitrogens with zero attached hydrogens (tertiary/aromatic N) is 2. The van der Waals surface area contributed by atoms with Crippen LogP contribution in [0.25, 0.3) is 0 Å². The topological polar surface area (TPSA) is 92.7 Å². The number of ether oxygens (including phenoxy) is 1. The van der Waals surface area contributed by atoms with Gasteiger partial charge in [0.05, 0.1) is 7.11 Å². The SMILES string of the molecule is COC(=O)[C@H](C/C=N/Nc1ccccn1)NC(=O)C(F)(F)F.